The molecule has 3 aromatic rings. The number of nitrogens with zero attached hydrogens (tertiary/aromatic N) is 2. The molecule has 2 heterocycles. The normalized spacial score (nSPS) is 11.0. The van der Waals surface area contributed by atoms with Crippen LogP contribution in [0.4, 0.5) is 5.82 Å². The van der Waals surface area contributed by atoms with Gasteiger partial charge < -0.3 is 10.5 Å². The first kappa shape index (κ1) is 14.3. The summed E-state index contributed by atoms with van der Waals surface area (Å²) in [4.78, 5) is 11.0. The molecule has 0 amide bonds. The number of halogens is 1. The van der Waals surface area contributed by atoms with Crippen LogP contribution in [0.2, 0.25) is 0 Å². The van der Waals surface area contributed by atoms with E-state index in [1.54, 1.807) is 11.3 Å². The Balaban J connectivity index is 1.90. The average molecular weight is 364 g/mol. The van der Waals surface area contributed by atoms with Crippen molar-refractivity contribution in [2.75, 3.05) is 5.73 Å². The molecule has 2 aromatic heterocycles. The number of nitrogen functional groups attached to an aromatic ring is 1. The summed E-state index contributed by atoms with van der Waals surface area (Å²) in [5, 5.41) is 0.960. The number of hydrogen-bond acceptors (Lipinski definition) is 5. The lowest BCUT2D eigenvalue weighted by Gasteiger charge is -2.07. The maximum atomic E-state index is 6.06. The summed E-state index contributed by atoms with van der Waals surface area (Å²) >= 11 is 5.08. The zero-order valence-electron chi connectivity index (χ0n) is 11.7. The molecule has 0 bridgehead atoms. The second-order valence-electron chi connectivity index (χ2n) is 4.71. The van der Waals surface area contributed by atoms with Gasteiger partial charge in [0.1, 0.15) is 23.0 Å². The summed E-state index contributed by atoms with van der Waals surface area (Å²) < 4.78 is 6.65. The molecular formula is C15H14BrN3OS. The monoisotopic (exact) mass is 363 g/mol. The highest BCUT2D eigenvalue weighted by atomic mass is 79.9. The van der Waals surface area contributed by atoms with Gasteiger partial charge in [0, 0.05) is 4.88 Å². The molecule has 6 heteroatoms. The minimum absolute atomic E-state index is 0.290. The van der Waals surface area contributed by atoms with Crippen molar-refractivity contribution < 1.29 is 4.74 Å². The van der Waals surface area contributed by atoms with E-state index in [1.165, 1.54) is 4.88 Å². The highest BCUT2D eigenvalue weighted by Crippen LogP contribution is 2.32. The van der Waals surface area contributed by atoms with Gasteiger partial charge in [0.15, 0.2) is 5.82 Å². The van der Waals surface area contributed by atoms with Gasteiger partial charge >= 0.3 is 0 Å². The maximum absolute atomic E-state index is 6.06. The van der Waals surface area contributed by atoms with E-state index in [9.17, 15) is 0 Å². The number of para-hydroxylation sites is 1. The molecule has 0 atom stereocenters. The minimum Gasteiger partial charge on any atom is -0.484 e. The summed E-state index contributed by atoms with van der Waals surface area (Å²) in [5.74, 6) is 1.88. The molecule has 0 radical (unpaired) electrons. The average Bonchev–Trinajstić information content (AvgIpc) is 2.73. The number of anilines is 1. The van der Waals surface area contributed by atoms with E-state index in [0.717, 1.165) is 26.0 Å². The van der Waals surface area contributed by atoms with E-state index in [4.69, 9.17) is 10.5 Å². The number of fused-ring (bicyclic) bond motifs is 1. The highest BCUT2D eigenvalue weighted by molar-refractivity contribution is 9.10. The number of rotatable bonds is 3. The van der Waals surface area contributed by atoms with Gasteiger partial charge in [-0.25, -0.2) is 9.97 Å². The summed E-state index contributed by atoms with van der Waals surface area (Å²) in [5.41, 5.74) is 7.22. The van der Waals surface area contributed by atoms with Crippen LogP contribution in [0.3, 0.4) is 0 Å². The quantitative estimate of drug-likeness (QED) is 0.756. The molecule has 21 heavy (non-hydrogen) atoms. The van der Waals surface area contributed by atoms with Crippen molar-refractivity contribution in [3.63, 3.8) is 0 Å². The zero-order chi connectivity index (χ0) is 15.0. The molecule has 0 aliphatic carbocycles. The molecule has 1 aromatic carbocycles. The maximum Gasteiger partial charge on any atom is 0.169 e. The number of nitrogens with two attached hydrogens (primary N) is 1. The van der Waals surface area contributed by atoms with Crippen molar-refractivity contribution in [1.82, 2.24) is 9.97 Å². The summed E-state index contributed by atoms with van der Waals surface area (Å²) in [7, 11) is 0. The van der Waals surface area contributed by atoms with Crippen LogP contribution in [0.1, 0.15) is 16.3 Å². The van der Waals surface area contributed by atoms with Crippen molar-refractivity contribution in [2.24, 2.45) is 0 Å². The van der Waals surface area contributed by atoms with Gasteiger partial charge in [-0.05, 0) is 47.5 Å². The van der Waals surface area contributed by atoms with Crippen LogP contribution in [-0.2, 0) is 6.61 Å². The summed E-state index contributed by atoms with van der Waals surface area (Å²) in [6, 6.07) is 7.68. The molecule has 2 N–H and O–H groups in total. The topological polar surface area (TPSA) is 61.0 Å². The van der Waals surface area contributed by atoms with Crippen molar-refractivity contribution in [1.29, 1.82) is 0 Å². The molecular weight excluding hydrogens is 350 g/mol. The Bertz CT molecular complexity index is 816. The SMILES string of the molecule is Cc1sc2nc(COc3ccccc3Br)nc(N)c2c1C. The molecule has 0 aliphatic rings. The van der Waals surface area contributed by atoms with Crippen molar-refractivity contribution in [3.05, 3.63) is 45.0 Å². The Kier molecular flexibility index (Phi) is 3.82. The van der Waals surface area contributed by atoms with Crippen molar-refractivity contribution in [3.8, 4) is 5.75 Å². The molecule has 0 aliphatic heterocycles. The second-order valence-corrected chi connectivity index (χ2v) is 6.77. The Hall–Kier alpha value is -1.66. The largest absolute Gasteiger partial charge is 0.484 e. The van der Waals surface area contributed by atoms with E-state index in [0.29, 0.717) is 18.2 Å². The molecule has 0 spiro atoms. The fraction of sp³-hybridized carbons (Fsp3) is 0.200. The van der Waals surface area contributed by atoms with Gasteiger partial charge in [-0.2, -0.15) is 0 Å². The number of aryl methyl sites for hydroxylation is 2. The van der Waals surface area contributed by atoms with Gasteiger partial charge in [0.05, 0.1) is 9.86 Å². The van der Waals surface area contributed by atoms with E-state index >= 15 is 0 Å². The number of thiophene rings is 1. The van der Waals surface area contributed by atoms with Crippen LogP contribution in [0.5, 0.6) is 5.75 Å². The lowest BCUT2D eigenvalue weighted by Crippen LogP contribution is -2.04. The van der Waals surface area contributed by atoms with Crippen molar-refractivity contribution in [2.45, 2.75) is 20.5 Å². The number of hydrogen-bond donors (Lipinski definition) is 1. The Morgan fingerprint density at radius 2 is 2.00 bits per heavy atom. The fourth-order valence-corrected chi connectivity index (χ4v) is 3.55. The minimum atomic E-state index is 0.290. The third-order valence-electron chi connectivity index (χ3n) is 3.30. The Morgan fingerprint density at radius 3 is 2.76 bits per heavy atom. The van der Waals surface area contributed by atoms with Crippen LogP contribution >= 0.6 is 27.3 Å². The number of benzene rings is 1. The second kappa shape index (κ2) is 5.61. The third-order valence-corrected chi connectivity index (χ3v) is 5.05. The van der Waals surface area contributed by atoms with Gasteiger partial charge in [-0.15, -0.1) is 11.3 Å². The van der Waals surface area contributed by atoms with Gasteiger partial charge in [-0.1, -0.05) is 12.1 Å². The van der Waals surface area contributed by atoms with Crippen LogP contribution in [0.25, 0.3) is 10.2 Å². The van der Waals surface area contributed by atoms with E-state index in [1.807, 2.05) is 31.2 Å². The smallest absolute Gasteiger partial charge is 0.169 e. The molecule has 0 unspecified atom stereocenters. The van der Waals surface area contributed by atoms with Crippen LogP contribution in [0.15, 0.2) is 28.7 Å². The predicted octanol–water partition coefficient (Wildman–Crippen LogP) is 4.23. The van der Waals surface area contributed by atoms with Crippen molar-refractivity contribution >= 4 is 43.3 Å². The first-order valence-corrected chi connectivity index (χ1v) is 8.06. The van der Waals surface area contributed by atoms with Gasteiger partial charge in [-0.3, -0.25) is 0 Å². The third kappa shape index (κ3) is 2.73. The molecule has 0 fully saturated rings. The van der Waals surface area contributed by atoms with Crippen LogP contribution in [0, 0.1) is 13.8 Å². The summed E-state index contributed by atoms with van der Waals surface area (Å²) in [6.07, 6.45) is 0. The predicted molar refractivity (Wildman–Crippen MR) is 89.8 cm³/mol. The van der Waals surface area contributed by atoms with Gasteiger partial charge in [0.25, 0.3) is 0 Å². The molecule has 108 valence electrons. The molecule has 4 nitrogen and oxygen atoms in total. The lowest BCUT2D eigenvalue weighted by molar-refractivity contribution is 0.295. The van der Waals surface area contributed by atoms with E-state index in [-0.39, 0.29) is 0 Å². The molecule has 3 rings (SSSR count). The van der Waals surface area contributed by atoms with E-state index in [2.05, 4.69) is 32.8 Å². The first-order valence-electron chi connectivity index (χ1n) is 6.45. The fourth-order valence-electron chi connectivity index (χ4n) is 2.10. The number of ether oxygens (including phenoxy) is 1. The Labute approximate surface area is 135 Å². The first-order chi connectivity index (χ1) is 10.1. The number of aromatic nitrogens is 2. The molecule has 0 saturated heterocycles. The summed E-state index contributed by atoms with van der Waals surface area (Å²) in [6.45, 7) is 4.41. The molecule has 0 saturated carbocycles. The zero-order valence-corrected chi connectivity index (χ0v) is 14.1. The standard InChI is InChI=1S/C15H14BrN3OS/c1-8-9(2)21-15-13(8)14(17)18-12(19-15)7-20-11-6-4-3-5-10(11)16/h3-6H,7H2,1-2H3,(H2,17,18,19). The highest BCUT2D eigenvalue weighted by Gasteiger charge is 2.13. The lowest BCUT2D eigenvalue weighted by atomic mass is 10.2. The van der Waals surface area contributed by atoms with E-state index < -0.39 is 0 Å². The van der Waals surface area contributed by atoms with Gasteiger partial charge in [0.2, 0.25) is 0 Å². The Morgan fingerprint density at radius 1 is 1.24 bits per heavy atom. The van der Waals surface area contributed by atoms with Crippen LogP contribution in [-0.4, -0.2) is 9.97 Å². The van der Waals surface area contributed by atoms with Crippen LogP contribution < -0.4 is 10.5 Å².